The predicted octanol–water partition coefficient (Wildman–Crippen LogP) is 1.96. The van der Waals surface area contributed by atoms with Crippen molar-refractivity contribution in [2.24, 2.45) is 5.41 Å². The largest absolute Gasteiger partial charge is 0.497 e. The Hall–Kier alpha value is -2.04. The first-order chi connectivity index (χ1) is 9.81. The van der Waals surface area contributed by atoms with Crippen molar-refractivity contribution in [2.75, 3.05) is 18.6 Å². The van der Waals surface area contributed by atoms with Crippen LogP contribution in [0.3, 0.4) is 0 Å². The second kappa shape index (κ2) is 5.76. The van der Waals surface area contributed by atoms with Crippen LogP contribution in [0.2, 0.25) is 0 Å². The number of ether oxygens (including phenoxy) is 1. The molecule has 0 unspecified atom stereocenters. The van der Waals surface area contributed by atoms with Crippen molar-refractivity contribution in [3.05, 3.63) is 24.3 Å². The summed E-state index contributed by atoms with van der Waals surface area (Å²) >= 11 is 0. The Morgan fingerprint density at radius 2 is 1.90 bits per heavy atom. The van der Waals surface area contributed by atoms with Gasteiger partial charge in [0.05, 0.1) is 13.2 Å². The van der Waals surface area contributed by atoms with Gasteiger partial charge in [0, 0.05) is 24.1 Å². The summed E-state index contributed by atoms with van der Waals surface area (Å²) in [7, 11) is 1.61. The molecule has 1 aromatic rings. The van der Waals surface area contributed by atoms with E-state index in [4.69, 9.17) is 4.74 Å². The second-order valence-corrected chi connectivity index (χ2v) is 6.33. The number of hydrogen-bond donors (Lipinski definition) is 1. The molecular weight excluding hydrogens is 268 g/mol. The Morgan fingerprint density at radius 3 is 2.43 bits per heavy atom. The van der Waals surface area contributed by atoms with E-state index in [0.29, 0.717) is 13.0 Å². The van der Waals surface area contributed by atoms with Crippen molar-refractivity contribution in [3.8, 4) is 5.75 Å². The van der Waals surface area contributed by atoms with Crippen LogP contribution in [0.25, 0.3) is 0 Å². The number of nitrogens with zero attached hydrogens (tertiary/aromatic N) is 1. The molecule has 1 N–H and O–H groups in total. The molecule has 2 rings (SSSR count). The number of amides is 2. The van der Waals surface area contributed by atoms with E-state index in [-0.39, 0.29) is 17.9 Å². The molecule has 1 atom stereocenters. The third-order valence-electron chi connectivity index (χ3n) is 3.53. The van der Waals surface area contributed by atoms with Crippen LogP contribution < -0.4 is 15.0 Å². The molecule has 1 aliphatic heterocycles. The maximum Gasteiger partial charge on any atom is 0.229 e. The molecule has 0 aromatic heterocycles. The summed E-state index contributed by atoms with van der Waals surface area (Å²) in [5.41, 5.74) is 0.379. The van der Waals surface area contributed by atoms with Crippen LogP contribution in [0, 0.1) is 5.41 Å². The Bertz CT molecular complexity index is 531. The highest BCUT2D eigenvalue weighted by molar-refractivity contribution is 5.97. The van der Waals surface area contributed by atoms with Gasteiger partial charge < -0.3 is 15.0 Å². The Kier molecular flexibility index (Phi) is 4.21. The van der Waals surface area contributed by atoms with E-state index in [9.17, 15) is 9.59 Å². The smallest absolute Gasteiger partial charge is 0.229 e. The quantitative estimate of drug-likeness (QED) is 0.926. The van der Waals surface area contributed by atoms with Crippen molar-refractivity contribution < 1.29 is 14.3 Å². The number of anilines is 1. The standard InChI is InChI=1S/C16H22N2O3/c1-16(2,3)15(20)17-11-9-14(19)18(10-11)12-5-7-13(21-4)8-6-12/h5-8,11H,9-10H2,1-4H3,(H,17,20)/t11-/m0/s1. The Morgan fingerprint density at radius 1 is 1.29 bits per heavy atom. The summed E-state index contributed by atoms with van der Waals surface area (Å²) in [6.45, 7) is 6.09. The molecule has 5 nitrogen and oxygen atoms in total. The van der Waals surface area contributed by atoms with Crippen LogP contribution in [0.1, 0.15) is 27.2 Å². The van der Waals surface area contributed by atoms with Crippen molar-refractivity contribution in [3.63, 3.8) is 0 Å². The molecule has 2 amide bonds. The minimum absolute atomic E-state index is 0.0272. The monoisotopic (exact) mass is 290 g/mol. The molecule has 1 fully saturated rings. The van der Waals surface area contributed by atoms with Gasteiger partial charge >= 0.3 is 0 Å². The first-order valence-electron chi connectivity index (χ1n) is 7.06. The topological polar surface area (TPSA) is 58.6 Å². The van der Waals surface area contributed by atoms with E-state index in [1.165, 1.54) is 0 Å². The molecule has 114 valence electrons. The van der Waals surface area contributed by atoms with Crippen molar-refractivity contribution >= 4 is 17.5 Å². The predicted molar refractivity (Wildman–Crippen MR) is 81.3 cm³/mol. The second-order valence-electron chi connectivity index (χ2n) is 6.33. The SMILES string of the molecule is COc1ccc(N2C[C@@H](NC(=O)C(C)(C)C)CC2=O)cc1. The number of methoxy groups -OCH3 is 1. The summed E-state index contributed by atoms with van der Waals surface area (Å²) in [5, 5.41) is 2.95. The van der Waals surface area contributed by atoms with Gasteiger partial charge in [0.2, 0.25) is 11.8 Å². The third kappa shape index (κ3) is 3.54. The average molecular weight is 290 g/mol. The van der Waals surface area contributed by atoms with Gasteiger partial charge in [-0.3, -0.25) is 9.59 Å². The lowest BCUT2D eigenvalue weighted by Crippen LogP contribution is -2.43. The summed E-state index contributed by atoms with van der Waals surface area (Å²) in [6.07, 6.45) is 0.341. The highest BCUT2D eigenvalue weighted by Crippen LogP contribution is 2.24. The molecule has 0 radical (unpaired) electrons. The number of hydrogen-bond acceptors (Lipinski definition) is 3. The summed E-state index contributed by atoms with van der Waals surface area (Å²) in [5.74, 6) is 0.749. The van der Waals surface area contributed by atoms with Gasteiger partial charge in [0.1, 0.15) is 5.75 Å². The third-order valence-corrected chi connectivity index (χ3v) is 3.53. The zero-order chi connectivity index (χ0) is 15.6. The first-order valence-corrected chi connectivity index (χ1v) is 7.06. The molecule has 0 aliphatic carbocycles. The minimum atomic E-state index is -0.448. The van der Waals surface area contributed by atoms with Gasteiger partial charge in [0.25, 0.3) is 0 Å². The van der Waals surface area contributed by atoms with Gasteiger partial charge in [0.15, 0.2) is 0 Å². The van der Waals surface area contributed by atoms with Crippen LogP contribution in [0.15, 0.2) is 24.3 Å². The maximum absolute atomic E-state index is 12.1. The molecule has 0 spiro atoms. The molecule has 21 heavy (non-hydrogen) atoms. The fraction of sp³-hybridized carbons (Fsp3) is 0.500. The van der Waals surface area contributed by atoms with Gasteiger partial charge in [-0.2, -0.15) is 0 Å². The van der Waals surface area contributed by atoms with Crippen LogP contribution in [-0.4, -0.2) is 31.5 Å². The Labute approximate surface area is 125 Å². The molecule has 0 bridgehead atoms. The molecular formula is C16H22N2O3. The van der Waals surface area contributed by atoms with E-state index in [1.807, 2.05) is 45.0 Å². The average Bonchev–Trinajstić information content (AvgIpc) is 2.78. The molecule has 1 heterocycles. The molecule has 1 saturated heterocycles. The summed E-state index contributed by atoms with van der Waals surface area (Å²) in [4.78, 5) is 25.8. The van der Waals surface area contributed by atoms with E-state index in [2.05, 4.69) is 5.32 Å². The lowest BCUT2D eigenvalue weighted by molar-refractivity contribution is -0.129. The lowest BCUT2D eigenvalue weighted by Gasteiger charge is -2.22. The fourth-order valence-corrected chi connectivity index (χ4v) is 2.22. The van der Waals surface area contributed by atoms with Gasteiger partial charge in [-0.25, -0.2) is 0 Å². The molecule has 0 saturated carbocycles. The lowest BCUT2D eigenvalue weighted by atomic mass is 9.95. The highest BCUT2D eigenvalue weighted by atomic mass is 16.5. The minimum Gasteiger partial charge on any atom is -0.497 e. The normalized spacial score (nSPS) is 18.8. The van der Waals surface area contributed by atoms with Gasteiger partial charge in [-0.1, -0.05) is 20.8 Å². The highest BCUT2D eigenvalue weighted by Gasteiger charge is 2.33. The van der Waals surface area contributed by atoms with Crippen LogP contribution >= 0.6 is 0 Å². The van der Waals surface area contributed by atoms with Crippen molar-refractivity contribution in [1.82, 2.24) is 5.32 Å². The van der Waals surface area contributed by atoms with Crippen LogP contribution in [-0.2, 0) is 9.59 Å². The Balaban J connectivity index is 2.04. The van der Waals surface area contributed by atoms with Crippen molar-refractivity contribution in [2.45, 2.75) is 33.2 Å². The van der Waals surface area contributed by atoms with E-state index in [1.54, 1.807) is 12.0 Å². The molecule has 1 aliphatic rings. The summed E-state index contributed by atoms with van der Waals surface area (Å²) in [6, 6.07) is 7.22. The maximum atomic E-state index is 12.1. The van der Waals surface area contributed by atoms with E-state index in [0.717, 1.165) is 11.4 Å². The number of carbonyl (C=O) groups is 2. The number of benzene rings is 1. The molecule has 5 heteroatoms. The van der Waals surface area contributed by atoms with Crippen molar-refractivity contribution in [1.29, 1.82) is 0 Å². The summed E-state index contributed by atoms with van der Waals surface area (Å²) < 4.78 is 5.11. The zero-order valence-corrected chi connectivity index (χ0v) is 13.0. The van der Waals surface area contributed by atoms with Gasteiger partial charge in [-0.05, 0) is 24.3 Å². The fourth-order valence-electron chi connectivity index (χ4n) is 2.22. The zero-order valence-electron chi connectivity index (χ0n) is 13.0. The number of carbonyl (C=O) groups excluding carboxylic acids is 2. The molecule has 1 aromatic carbocycles. The van der Waals surface area contributed by atoms with Crippen LogP contribution in [0.5, 0.6) is 5.75 Å². The number of rotatable bonds is 3. The van der Waals surface area contributed by atoms with Gasteiger partial charge in [-0.15, -0.1) is 0 Å². The van der Waals surface area contributed by atoms with Crippen LogP contribution in [0.4, 0.5) is 5.69 Å². The van der Waals surface area contributed by atoms with E-state index >= 15 is 0 Å². The first kappa shape index (κ1) is 15.4. The number of nitrogens with one attached hydrogen (secondary N) is 1. The van der Waals surface area contributed by atoms with E-state index < -0.39 is 5.41 Å².